The first-order chi connectivity index (χ1) is 13.8. The second kappa shape index (κ2) is 9.01. The van der Waals surface area contributed by atoms with E-state index < -0.39 is 0 Å². The molecule has 0 spiro atoms. The Bertz CT molecular complexity index is 879. The zero-order valence-corrected chi connectivity index (χ0v) is 16.5. The van der Waals surface area contributed by atoms with Crippen LogP contribution in [0.5, 0.6) is 0 Å². The SMILES string of the molecule is O=C(NCCc1ccccc1)N1CCCC(Cc2nc(-c3ccsc3)no2)C1. The molecule has 0 radical (unpaired) electrons. The van der Waals surface area contributed by atoms with Gasteiger partial charge < -0.3 is 14.7 Å². The van der Waals surface area contributed by atoms with Crippen LogP contribution in [0.15, 0.2) is 51.7 Å². The second-order valence-electron chi connectivity index (χ2n) is 7.15. The van der Waals surface area contributed by atoms with E-state index in [1.807, 2.05) is 39.9 Å². The van der Waals surface area contributed by atoms with Gasteiger partial charge in [0.05, 0.1) is 0 Å². The fraction of sp³-hybridized carbons (Fsp3) is 0.381. The van der Waals surface area contributed by atoms with Gasteiger partial charge in [-0.3, -0.25) is 0 Å². The lowest BCUT2D eigenvalue weighted by Crippen LogP contribution is -2.46. The number of rotatable bonds is 6. The number of likely N-dealkylation sites (tertiary alicyclic amines) is 1. The number of nitrogens with zero attached hydrogens (tertiary/aromatic N) is 3. The van der Waals surface area contributed by atoms with Gasteiger partial charge >= 0.3 is 6.03 Å². The lowest BCUT2D eigenvalue weighted by atomic mass is 9.95. The molecule has 3 heterocycles. The minimum atomic E-state index is 0.0186. The van der Waals surface area contributed by atoms with Crippen molar-refractivity contribution in [3.63, 3.8) is 0 Å². The molecule has 0 bridgehead atoms. The Balaban J connectivity index is 1.26. The molecule has 146 valence electrons. The molecule has 6 nitrogen and oxygen atoms in total. The number of hydrogen-bond donors (Lipinski definition) is 1. The van der Waals surface area contributed by atoms with Gasteiger partial charge in [-0.25, -0.2) is 4.79 Å². The first-order valence-electron chi connectivity index (χ1n) is 9.70. The molecular formula is C21H24N4O2S. The molecule has 1 N–H and O–H groups in total. The predicted octanol–water partition coefficient (Wildman–Crippen LogP) is 4.00. The summed E-state index contributed by atoms with van der Waals surface area (Å²) < 4.78 is 5.43. The third-order valence-electron chi connectivity index (χ3n) is 5.05. The lowest BCUT2D eigenvalue weighted by Gasteiger charge is -2.32. The van der Waals surface area contributed by atoms with Crippen LogP contribution in [-0.4, -0.2) is 40.7 Å². The minimum absolute atomic E-state index is 0.0186. The molecule has 2 aromatic heterocycles. The van der Waals surface area contributed by atoms with Crippen molar-refractivity contribution in [3.05, 3.63) is 58.6 Å². The number of urea groups is 1. The third-order valence-corrected chi connectivity index (χ3v) is 5.73. The summed E-state index contributed by atoms with van der Waals surface area (Å²) in [4.78, 5) is 18.9. The Morgan fingerprint density at radius 3 is 3.00 bits per heavy atom. The van der Waals surface area contributed by atoms with Gasteiger partial charge in [0.25, 0.3) is 0 Å². The van der Waals surface area contributed by atoms with Crippen LogP contribution in [0, 0.1) is 5.92 Å². The van der Waals surface area contributed by atoms with Gasteiger partial charge in [0.15, 0.2) is 0 Å². The maximum absolute atomic E-state index is 12.5. The van der Waals surface area contributed by atoms with Crippen molar-refractivity contribution in [2.75, 3.05) is 19.6 Å². The predicted molar refractivity (Wildman–Crippen MR) is 109 cm³/mol. The molecule has 1 aliphatic rings. The topological polar surface area (TPSA) is 71.3 Å². The zero-order chi connectivity index (χ0) is 19.2. The highest BCUT2D eigenvalue weighted by Gasteiger charge is 2.25. The summed E-state index contributed by atoms with van der Waals surface area (Å²) in [6.45, 7) is 2.18. The van der Waals surface area contributed by atoms with E-state index in [-0.39, 0.29) is 6.03 Å². The number of aromatic nitrogens is 2. The fourth-order valence-electron chi connectivity index (χ4n) is 3.58. The second-order valence-corrected chi connectivity index (χ2v) is 7.93. The number of hydrogen-bond acceptors (Lipinski definition) is 5. The average molecular weight is 397 g/mol. The molecule has 4 rings (SSSR count). The molecule has 28 heavy (non-hydrogen) atoms. The summed E-state index contributed by atoms with van der Waals surface area (Å²) in [7, 11) is 0. The van der Waals surface area contributed by atoms with Gasteiger partial charge in [0, 0.05) is 37.0 Å². The molecule has 1 fully saturated rings. The summed E-state index contributed by atoms with van der Waals surface area (Å²) >= 11 is 1.61. The maximum atomic E-state index is 12.5. The number of piperidine rings is 1. The fourth-order valence-corrected chi connectivity index (χ4v) is 4.21. The van der Waals surface area contributed by atoms with Crippen molar-refractivity contribution in [3.8, 4) is 11.4 Å². The number of amides is 2. The molecular weight excluding hydrogens is 372 g/mol. The van der Waals surface area contributed by atoms with Crippen LogP contribution in [-0.2, 0) is 12.8 Å². The zero-order valence-electron chi connectivity index (χ0n) is 15.7. The lowest BCUT2D eigenvalue weighted by molar-refractivity contribution is 0.162. The highest BCUT2D eigenvalue weighted by Crippen LogP contribution is 2.23. The van der Waals surface area contributed by atoms with E-state index in [1.165, 1.54) is 5.56 Å². The van der Waals surface area contributed by atoms with Gasteiger partial charge in [0.2, 0.25) is 11.7 Å². The van der Waals surface area contributed by atoms with Crippen LogP contribution >= 0.6 is 11.3 Å². The van der Waals surface area contributed by atoms with E-state index in [9.17, 15) is 4.79 Å². The number of carbonyl (C=O) groups is 1. The average Bonchev–Trinajstić information content (AvgIpc) is 3.41. The van der Waals surface area contributed by atoms with Crippen LogP contribution in [0.4, 0.5) is 4.79 Å². The molecule has 1 aromatic carbocycles. The summed E-state index contributed by atoms with van der Waals surface area (Å²) in [6, 6.07) is 12.2. The smallest absolute Gasteiger partial charge is 0.317 e. The largest absolute Gasteiger partial charge is 0.339 e. The van der Waals surface area contributed by atoms with Gasteiger partial charge in [-0.1, -0.05) is 35.5 Å². The van der Waals surface area contributed by atoms with Crippen LogP contribution in [0.2, 0.25) is 0 Å². The van der Waals surface area contributed by atoms with Gasteiger partial charge in [-0.15, -0.1) is 0 Å². The first kappa shape index (κ1) is 18.7. The minimum Gasteiger partial charge on any atom is -0.339 e. The number of carbonyl (C=O) groups excluding carboxylic acids is 1. The Labute approximate surface area is 168 Å². The Morgan fingerprint density at radius 1 is 1.29 bits per heavy atom. The maximum Gasteiger partial charge on any atom is 0.317 e. The van der Waals surface area contributed by atoms with E-state index in [4.69, 9.17) is 4.52 Å². The van der Waals surface area contributed by atoms with E-state index >= 15 is 0 Å². The number of nitrogens with one attached hydrogen (secondary N) is 1. The van der Waals surface area contributed by atoms with E-state index in [2.05, 4.69) is 27.6 Å². The first-order valence-corrected chi connectivity index (χ1v) is 10.6. The molecule has 0 saturated carbocycles. The van der Waals surface area contributed by atoms with Crippen molar-refractivity contribution in [1.29, 1.82) is 0 Å². The van der Waals surface area contributed by atoms with E-state index in [0.717, 1.165) is 37.9 Å². The van der Waals surface area contributed by atoms with Gasteiger partial charge in [0.1, 0.15) is 0 Å². The van der Waals surface area contributed by atoms with Crippen LogP contribution in [0.25, 0.3) is 11.4 Å². The molecule has 1 atom stereocenters. The van der Waals surface area contributed by atoms with Crippen molar-refractivity contribution >= 4 is 17.4 Å². The quantitative estimate of drug-likeness (QED) is 0.683. The summed E-state index contributed by atoms with van der Waals surface area (Å²) in [5.41, 5.74) is 2.22. The summed E-state index contributed by atoms with van der Waals surface area (Å²) in [5, 5.41) is 11.1. The number of thiophene rings is 1. The van der Waals surface area contributed by atoms with E-state index in [0.29, 0.717) is 30.6 Å². The third kappa shape index (κ3) is 4.78. The van der Waals surface area contributed by atoms with Crippen molar-refractivity contribution in [2.24, 2.45) is 5.92 Å². The number of benzene rings is 1. The monoisotopic (exact) mass is 396 g/mol. The van der Waals surface area contributed by atoms with Crippen LogP contribution in [0.3, 0.4) is 0 Å². The molecule has 0 aliphatic carbocycles. The Kier molecular flexibility index (Phi) is 6.01. The Morgan fingerprint density at radius 2 is 2.18 bits per heavy atom. The highest BCUT2D eigenvalue weighted by atomic mass is 32.1. The highest BCUT2D eigenvalue weighted by molar-refractivity contribution is 7.08. The van der Waals surface area contributed by atoms with Crippen LogP contribution in [0.1, 0.15) is 24.3 Å². The Hall–Kier alpha value is -2.67. The normalized spacial score (nSPS) is 16.9. The van der Waals surface area contributed by atoms with Gasteiger partial charge in [-0.05, 0) is 42.2 Å². The van der Waals surface area contributed by atoms with Crippen molar-refractivity contribution in [1.82, 2.24) is 20.4 Å². The molecule has 2 amide bonds. The molecule has 3 aromatic rings. The summed E-state index contributed by atoms with van der Waals surface area (Å²) in [6.07, 6.45) is 3.63. The van der Waals surface area contributed by atoms with Crippen LogP contribution < -0.4 is 5.32 Å². The molecule has 1 unspecified atom stereocenters. The molecule has 1 saturated heterocycles. The van der Waals surface area contributed by atoms with E-state index in [1.54, 1.807) is 11.3 Å². The summed E-state index contributed by atoms with van der Waals surface area (Å²) in [5.74, 6) is 1.64. The standard InChI is InChI=1S/C21H24N4O2S/c26-21(22-10-8-16-5-2-1-3-6-16)25-11-4-7-17(14-25)13-19-23-20(24-27-19)18-9-12-28-15-18/h1-3,5-6,9,12,15,17H,4,7-8,10-11,13-14H2,(H,22,26). The molecule has 1 aliphatic heterocycles. The van der Waals surface area contributed by atoms with Gasteiger partial charge in [-0.2, -0.15) is 16.3 Å². The van der Waals surface area contributed by atoms with Crippen molar-refractivity contribution in [2.45, 2.75) is 25.7 Å². The molecule has 7 heteroatoms. The van der Waals surface area contributed by atoms with Crippen molar-refractivity contribution < 1.29 is 9.32 Å².